The Labute approximate surface area is 275 Å². The van der Waals surface area contributed by atoms with E-state index >= 15 is 0 Å². The predicted molar refractivity (Wildman–Crippen MR) is 179 cm³/mol. The Balaban J connectivity index is 1.60. The van der Waals surface area contributed by atoms with E-state index in [1.807, 2.05) is 32.0 Å². The van der Waals surface area contributed by atoms with Gasteiger partial charge in [-0.2, -0.15) is 0 Å². The summed E-state index contributed by atoms with van der Waals surface area (Å²) >= 11 is 0. The molecule has 10 nitrogen and oxygen atoms in total. The molecule has 4 atom stereocenters. The molecule has 47 heavy (non-hydrogen) atoms. The maximum Gasteiger partial charge on any atom is 0.323 e. The number of halogens is 1. The molecule has 0 aliphatic carbocycles. The second kappa shape index (κ2) is 16.9. The summed E-state index contributed by atoms with van der Waals surface area (Å²) in [6, 6.07) is 18.2. The van der Waals surface area contributed by atoms with Crippen LogP contribution in [0.1, 0.15) is 60.7 Å². The molecular formula is C36H45FN4O6. The normalized spacial score (nSPS) is 19.8. The Morgan fingerprint density at radius 3 is 2.40 bits per heavy atom. The number of aliphatic hydroxyl groups is 1. The van der Waals surface area contributed by atoms with E-state index in [1.165, 1.54) is 24.3 Å². The zero-order valence-corrected chi connectivity index (χ0v) is 27.4. The molecule has 3 aromatic rings. The Morgan fingerprint density at radius 2 is 1.70 bits per heavy atom. The number of nitrogens with one attached hydrogen (secondary N) is 2. The van der Waals surface area contributed by atoms with Crippen LogP contribution in [0.25, 0.3) is 0 Å². The van der Waals surface area contributed by atoms with Gasteiger partial charge in [0, 0.05) is 49.6 Å². The van der Waals surface area contributed by atoms with Crippen molar-refractivity contribution in [2.45, 2.75) is 58.3 Å². The standard InChI is InChI=1S/C36H45FN4O6/c1-24-21-41(25(2)23-42)35(44)31-20-30(39-36(45)38-29-15-13-28(37)14-16-29)17-18-32(31)47-26(3)10-8-9-19-46-33(24)22-40(4)34(43)27-11-6-5-7-12-27/h5-7,11-18,20,24-26,33,42H,8-10,19,21-23H2,1-4H3,(H2,38,39,45)/t24-,25+,26+,33-/m0/s1. The van der Waals surface area contributed by atoms with E-state index in [-0.39, 0.29) is 48.7 Å². The van der Waals surface area contributed by atoms with E-state index in [1.54, 1.807) is 54.1 Å². The van der Waals surface area contributed by atoms with Gasteiger partial charge in [-0.05, 0) is 87.7 Å². The van der Waals surface area contributed by atoms with Gasteiger partial charge in [0.25, 0.3) is 11.8 Å². The summed E-state index contributed by atoms with van der Waals surface area (Å²) in [6.45, 7) is 6.43. The molecule has 4 rings (SSSR count). The van der Waals surface area contributed by atoms with Crippen LogP contribution in [0.5, 0.6) is 5.75 Å². The number of ether oxygens (including phenoxy) is 2. The number of urea groups is 1. The van der Waals surface area contributed by atoms with Crippen LogP contribution >= 0.6 is 0 Å². The molecule has 1 aliphatic heterocycles. The van der Waals surface area contributed by atoms with Crippen LogP contribution in [-0.4, -0.2) is 84.4 Å². The Kier molecular flexibility index (Phi) is 12.7. The molecule has 1 heterocycles. The average molecular weight is 649 g/mol. The predicted octanol–water partition coefficient (Wildman–Crippen LogP) is 6.04. The smallest absolute Gasteiger partial charge is 0.323 e. The van der Waals surface area contributed by atoms with Crippen molar-refractivity contribution < 1.29 is 33.4 Å². The van der Waals surface area contributed by atoms with Gasteiger partial charge in [0.1, 0.15) is 11.6 Å². The maximum atomic E-state index is 14.3. The van der Waals surface area contributed by atoms with E-state index in [4.69, 9.17) is 9.47 Å². The molecule has 3 N–H and O–H groups in total. The molecule has 0 saturated carbocycles. The lowest BCUT2D eigenvalue weighted by atomic mass is 10.0. The number of likely N-dealkylation sites (N-methyl/N-ethyl adjacent to an activating group) is 1. The van der Waals surface area contributed by atoms with E-state index in [2.05, 4.69) is 10.6 Å². The molecule has 252 valence electrons. The van der Waals surface area contributed by atoms with Crippen LogP contribution in [0.2, 0.25) is 0 Å². The second-order valence-electron chi connectivity index (χ2n) is 12.1. The van der Waals surface area contributed by atoms with Gasteiger partial charge in [0.2, 0.25) is 0 Å². The summed E-state index contributed by atoms with van der Waals surface area (Å²) in [4.78, 5) is 43.4. The van der Waals surface area contributed by atoms with Crippen molar-refractivity contribution in [2.24, 2.45) is 5.92 Å². The van der Waals surface area contributed by atoms with Gasteiger partial charge in [0.15, 0.2) is 0 Å². The van der Waals surface area contributed by atoms with Crippen LogP contribution in [0, 0.1) is 11.7 Å². The van der Waals surface area contributed by atoms with E-state index < -0.39 is 17.9 Å². The van der Waals surface area contributed by atoms with Crippen LogP contribution < -0.4 is 15.4 Å². The summed E-state index contributed by atoms with van der Waals surface area (Å²) in [7, 11) is 1.74. The SMILES string of the molecule is C[C@@H]1CCCCO[C@@H](CN(C)C(=O)c2ccccc2)[C@@H](C)CN([C@H](C)CO)C(=O)c2cc(NC(=O)Nc3ccc(F)cc3)ccc2O1. The van der Waals surface area contributed by atoms with E-state index in [9.17, 15) is 23.9 Å². The van der Waals surface area contributed by atoms with Crippen LogP contribution in [-0.2, 0) is 4.74 Å². The van der Waals surface area contributed by atoms with E-state index in [0.717, 1.165) is 19.3 Å². The summed E-state index contributed by atoms with van der Waals surface area (Å²) in [5.74, 6) is -0.772. The molecule has 0 aromatic heterocycles. The first kappa shape index (κ1) is 35.4. The molecule has 0 saturated heterocycles. The van der Waals surface area contributed by atoms with Crippen molar-refractivity contribution >= 4 is 29.2 Å². The molecule has 0 unspecified atom stereocenters. The number of fused-ring (bicyclic) bond motifs is 1. The number of rotatable bonds is 7. The Bertz CT molecular complexity index is 1490. The van der Waals surface area contributed by atoms with Crippen molar-refractivity contribution in [1.82, 2.24) is 9.80 Å². The van der Waals surface area contributed by atoms with Crippen molar-refractivity contribution in [3.8, 4) is 5.75 Å². The second-order valence-corrected chi connectivity index (χ2v) is 12.1. The summed E-state index contributed by atoms with van der Waals surface area (Å²) in [5, 5.41) is 15.6. The monoisotopic (exact) mass is 648 g/mol. The minimum absolute atomic E-state index is 0.124. The largest absolute Gasteiger partial charge is 0.490 e. The van der Waals surface area contributed by atoms with Gasteiger partial charge < -0.3 is 35.0 Å². The third kappa shape index (κ3) is 10.0. The minimum atomic E-state index is -0.567. The maximum absolute atomic E-state index is 14.3. The van der Waals surface area contributed by atoms with Crippen LogP contribution in [0.3, 0.4) is 0 Å². The molecule has 0 bridgehead atoms. The third-order valence-electron chi connectivity index (χ3n) is 8.23. The number of hydrogen-bond acceptors (Lipinski definition) is 6. The fourth-order valence-electron chi connectivity index (χ4n) is 5.44. The van der Waals surface area contributed by atoms with E-state index in [0.29, 0.717) is 35.8 Å². The van der Waals surface area contributed by atoms with Gasteiger partial charge in [-0.15, -0.1) is 0 Å². The highest BCUT2D eigenvalue weighted by Gasteiger charge is 2.31. The van der Waals surface area contributed by atoms with Crippen molar-refractivity contribution in [2.75, 3.05) is 44.0 Å². The lowest BCUT2D eigenvalue weighted by Crippen LogP contribution is -2.48. The third-order valence-corrected chi connectivity index (χ3v) is 8.23. The molecule has 0 spiro atoms. The lowest BCUT2D eigenvalue weighted by molar-refractivity contribution is -0.0149. The summed E-state index contributed by atoms with van der Waals surface area (Å²) < 4.78 is 25.9. The average Bonchev–Trinajstić information content (AvgIpc) is 3.07. The number of carbonyl (C=O) groups excluding carboxylic acids is 3. The number of hydrogen-bond donors (Lipinski definition) is 3. The first-order valence-electron chi connectivity index (χ1n) is 16.0. The quantitative estimate of drug-likeness (QED) is 0.288. The number of carbonyl (C=O) groups is 3. The fourth-order valence-corrected chi connectivity index (χ4v) is 5.44. The Hall–Kier alpha value is -4.48. The highest BCUT2D eigenvalue weighted by molar-refractivity contribution is 6.02. The molecule has 11 heteroatoms. The highest BCUT2D eigenvalue weighted by Crippen LogP contribution is 2.29. The fraction of sp³-hybridized carbons (Fsp3) is 0.417. The molecule has 3 aromatic carbocycles. The summed E-state index contributed by atoms with van der Waals surface area (Å²) in [5.41, 5.74) is 1.56. The minimum Gasteiger partial charge on any atom is -0.490 e. The van der Waals surface area contributed by atoms with Crippen molar-refractivity contribution in [1.29, 1.82) is 0 Å². The van der Waals surface area contributed by atoms with Crippen LogP contribution in [0.4, 0.5) is 20.6 Å². The lowest BCUT2D eigenvalue weighted by Gasteiger charge is -2.36. The van der Waals surface area contributed by atoms with Crippen molar-refractivity contribution in [3.63, 3.8) is 0 Å². The molecule has 0 fully saturated rings. The number of aliphatic hydroxyl groups excluding tert-OH is 1. The zero-order valence-electron chi connectivity index (χ0n) is 27.4. The van der Waals surface area contributed by atoms with Gasteiger partial charge in [-0.1, -0.05) is 25.1 Å². The van der Waals surface area contributed by atoms with Gasteiger partial charge in [0.05, 0.1) is 30.4 Å². The number of anilines is 2. The first-order valence-corrected chi connectivity index (χ1v) is 16.0. The molecule has 0 radical (unpaired) electrons. The first-order chi connectivity index (χ1) is 22.5. The van der Waals surface area contributed by atoms with Crippen LogP contribution in [0.15, 0.2) is 72.8 Å². The van der Waals surface area contributed by atoms with Gasteiger partial charge in [-0.25, -0.2) is 9.18 Å². The number of nitrogens with zero attached hydrogens (tertiary/aromatic N) is 2. The van der Waals surface area contributed by atoms with Gasteiger partial charge >= 0.3 is 6.03 Å². The highest BCUT2D eigenvalue weighted by atomic mass is 19.1. The van der Waals surface area contributed by atoms with Gasteiger partial charge in [-0.3, -0.25) is 9.59 Å². The zero-order chi connectivity index (χ0) is 33.9. The van der Waals surface area contributed by atoms with Crippen molar-refractivity contribution in [3.05, 3.63) is 89.7 Å². The molecule has 4 amide bonds. The topological polar surface area (TPSA) is 120 Å². The molecule has 1 aliphatic rings. The Morgan fingerprint density at radius 1 is 1.02 bits per heavy atom. The summed E-state index contributed by atoms with van der Waals surface area (Å²) in [6.07, 6.45) is 1.76. The molecular weight excluding hydrogens is 603 g/mol. The number of benzene rings is 3. The number of amides is 4.